The van der Waals surface area contributed by atoms with Crippen LogP contribution in [-0.2, 0) is 6.42 Å². The van der Waals surface area contributed by atoms with Crippen LogP contribution in [0.3, 0.4) is 0 Å². The smallest absolute Gasteiger partial charge is 0.0701 e. The lowest BCUT2D eigenvalue weighted by Gasteiger charge is -2.27. The molecule has 156 valence electrons. The number of azide groups is 1. The largest absolute Gasteiger partial charge is 0.256 e. The average Bonchev–Trinajstić information content (AvgIpc) is 2.84. The number of allylic oxidation sites excluding steroid dienone is 2. The lowest BCUT2D eigenvalue weighted by Crippen LogP contribution is -2.13. The van der Waals surface area contributed by atoms with Gasteiger partial charge in [0.1, 0.15) is 0 Å². The first kappa shape index (κ1) is 20.3. The molecule has 0 spiro atoms. The molecular weight excluding hydrogens is 416 g/mol. The van der Waals surface area contributed by atoms with Gasteiger partial charge in [-0.25, -0.2) is 0 Å². The molecular formula is C27H21ClN4. The summed E-state index contributed by atoms with van der Waals surface area (Å²) in [4.78, 5) is 7.11. The summed E-state index contributed by atoms with van der Waals surface area (Å²) in [6.07, 6.45) is 8.85. The van der Waals surface area contributed by atoms with Gasteiger partial charge in [0.15, 0.2) is 0 Å². The van der Waals surface area contributed by atoms with Crippen molar-refractivity contribution in [3.8, 4) is 0 Å². The Morgan fingerprint density at radius 3 is 2.72 bits per heavy atom. The molecule has 0 radical (unpaired) electrons. The normalized spacial score (nSPS) is 16.6. The Morgan fingerprint density at radius 2 is 1.84 bits per heavy atom. The highest BCUT2D eigenvalue weighted by molar-refractivity contribution is 6.31. The van der Waals surface area contributed by atoms with Crippen molar-refractivity contribution in [3.05, 3.63) is 117 Å². The average molecular weight is 437 g/mol. The monoisotopic (exact) mass is 436 g/mol. The number of pyridine rings is 1. The summed E-state index contributed by atoms with van der Waals surface area (Å²) in [6, 6.07) is 22.5. The van der Waals surface area contributed by atoms with Gasteiger partial charge in [-0.1, -0.05) is 76.9 Å². The van der Waals surface area contributed by atoms with Crippen molar-refractivity contribution >= 4 is 38.8 Å². The Morgan fingerprint density at radius 1 is 0.969 bits per heavy atom. The predicted octanol–water partition coefficient (Wildman–Crippen LogP) is 8.07. The standard InChI is InChI=1S/C18H14ClN3.C9H7N/c19-13-3-7-15-11(9-13)1-5-18-16-8-4-14(21-22-20)10-12(16)2-6-17(15)18;1-2-6-9-8(4-1)5-3-7-10-9/h1,3-5,7-9,14H,2,6,10H2;1-7H. The van der Waals surface area contributed by atoms with E-state index in [1.54, 1.807) is 0 Å². The molecule has 0 aliphatic heterocycles. The van der Waals surface area contributed by atoms with Gasteiger partial charge in [-0.15, -0.1) is 0 Å². The highest BCUT2D eigenvalue weighted by Gasteiger charge is 2.23. The molecule has 0 amide bonds. The van der Waals surface area contributed by atoms with E-state index in [9.17, 15) is 0 Å². The molecule has 32 heavy (non-hydrogen) atoms. The molecule has 1 atom stereocenters. The number of aromatic nitrogens is 1. The first-order valence-corrected chi connectivity index (χ1v) is 11.1. The second-order valence-electron chi connectivity index (χ2n) is 8.01. The summed E-state index contributed by atoms with van der Waals surface area (Å²) in [5, 5.41) is 8.30. The highest BCUT2D eigenvalue weighted by atomic mass is 35.5. The molecule has 0 N–H and O–H groups in total. The lowest BCUT2D eigenvalue weighted by atomic mass is 9.79. The fourth-order valence-electron chi connectivity index (χ4n) is 4.60. The van der Waals surface area contributed by atoms with E-state index in [2.05, 4.69) is 51.4 Å². The first-order chi connectivity index (χ1) is 15.7. The van der Waals surface area contributed by atoms with E-state index in [4.69, 9.17) is 17.1 Å². The molecule has 0 bridgehead atoms. The van der Waals surface area contributed by atoms with Crippen LogP contribution >= 0.6 is 11.6 Å². The van der Waals surface area contributed by atoms with Crippen LogP contribution < -0.4 is 0 Å². The molecule has 0 fully saturated rings. The Bertz CT molecular complexity index is 1370. The van der Waals surface area contributed by atoms with E-state index in [0.29, 0.717) is 0 Å². The molecule has 0 saturated carbocycles. The van der Waals surface area contributed by atoms with Gasteiger partial charge in [0.25, 0.3) is 0 Å². The van der Waals surface area contributed by atoms with E-state index in [1.807, 2.05) is 48.7 Å². The Kier molecular flexibility index (Phi) is 5.64. The maximum Gasteiger partial charge on any atom is 0.0701 e. The number of fused-ring (bicyclic) bond motifs is 5. The van der Waals surface area contributed by atoms with Crippen LogP contribution in [0.4, 0.5) is 0 Å². The molecule has 3 aromatic carbocycles. The van der Waals surface area contributed by atoms with Gasteiger partial charge in [-0.05, 0) is 76.5 Å². The summed E-state index contributed by atoms with van der Waals surface area (Å²) in [5.41, 5.74) is 15.1. The number of nitrogens with zero attached hydrogens (tertiary/aromatic N) is 4. The minimum absolute atomic E-state index is 0.0374. The molecule has 5 heteroatoms. The summed E-state index contributed by atoms with van der Waals surface area (Å²) in [7, 11) is 0. The van der Waals surface area contributed by atoms with E-state index in [1.165, 1.54) is 38.4 Å². The molecule has 2 aliphatic rings. The Hall–Kier alpha value is -3.59. The zero-order valence-corrected chi connectivity index (χ0v) is 18.2. The van der Waals surface area contributed by atoms with Crippen LogP contribution in [0.2, 0.25) is 5.02 Å². The number of aryl methyl sites for hydroxylation is 1. The Balaban J connectivity index is 0.000000180. The number of hydrogen-bond donors (Lipinski definition) is 0. The molecule has 2 aliphatic carbocycles. The fraction of sp³-hybridized carbons (Fsp3) is 0.148. The van der Waals surface area contributed by atoms with Crippen LogP contribution in [0, 0.1) is 0 Å². The molecule has 1 aromatic heterocycles. The summed E-state index contributed by atoms with van der Waals surface area (Å²) in [5.74, 6) is 0. The van der Waals surface area contributed by atoms with E-state index < -0.39 is 0 Å². The highest BCUT2D eigenvalue weighted by Crippen LogP contribution is 2.40. The number of hydrogen-bond acceptors (Lipinski definition) is 2. The third kappa shape index (κ3) is 3.99. The van der Waals surface area contributed by atoms with Crippen LogP contribution in [0.15, 0.2) is 95.8 Å². The van der Waals surface area contributed by atoms with Gasteiger partial charge in [0, 0.05) is 21.5 Å². The second kappa shape index (κ2) is 8.88. The topological polar surface area (TPSA) is 61.7 Å². The second-order valence-corrected chi connectivity index (χ2v) is 8.44. The summed E-state index contributed by atoms with van der Waals surface area (Å²) < 4.78 is 0. The lowest BCUT2D eigenvalue weighted by molar-refractivity contribution is 0.738. The quantitative estimate of drug-likeness (QED) is 0.169. The minimum atomic E-state index is -0.0374. The van der Waals surface area contributed by atoms with Crippen molar-refractivity contribution in [2.45, 2.75) is 25.3 Å². The molecule has 1 heterocycles. The third-order valence-electron chi connectivity index (χ3n) is 6.09. The van der Waals surface area contributed by atoms with Crippen LogP contribution in [0.1, 0.15) is 24.0 Å². The maximum atomic E-state index is 8.61. The van der Waals surface area contributed by atoms with Crippen LogP contribution in [0.25, 0.3) is 37.7 Å². The van der Waals surface area contributed by atoms with Gasteiger partial charge in [-0.2, -0.15) is 0 Å². The van der Waals surface area contributed by atoms with Gasteiger partial charge in [0.2, 0.25) is 0 Å². The minimum Gasteiger partial charge on any atom is -0.256 e. The number of halogens is 1. The van der Waals surface area contributed by atoms with Crippen LogP contribution in [-0.4, -0.2) is 11.0 Å². The van der Waals surface area contributed by atoms with Gasteiger partial charge < -0.3 is 0 Å². The van der Waals surface area contributed by atoms with Gasteiger partial charge in [-0.3, -0.25) is 4.98 Å². The van der Waals surface area contributed by atoms with Crippen molar-refractivity contribution in [2.24, 2.45) is 5.11 Å². The molecule has 4 aromatic rings. The van der Waals surface area contributed by atoms with Crippen molar-refractivity contribution < 1.29 is 0 Å². The molecule has 4 nitrogen and oxygen atoms in total. The van der Waals surface area contributed by atoms with Crippen LogP contribution in [0.5, 0.6) is 0 Å². The number of benzene rings is 3. The van der Waals surface area contributed by atoms with E-state index in [0.717, 1.165) is 29.8 Å². The van der Waals surface area contributed by atoms with Gasteiger partial charge >= 0.3 is 0 Å². The first-order valence-electron chi connectivity index (χ1n) is 10.7. The fourth-order valence-corrected chi connectivity index (χ4v) is 4.78. The van der Waals surface area contributed by atoms with Crippen molar-refractivity contribution in [2.75, 3.05) is 0 Å². The SMILES string of the molecule is [N-]=[N+]=NC1C=CC2=C(CCc3c2ccc2cc(Cl)ccc32)C1.c1ccc2ncccc2c1. The zero-order valence-electron chi connectivity index (χ0n) is 17.4. The maximum absolute atomic E-state index is 8.61. The molecule has 1 unspecified atom stereocenters. The van der Waals surface area contributed by atoms with E-state index >= 15 is 0 Å². The zero-order chi connectivity index (χ0) is 21.9. The van der Waals surface area contributed by atoms with Crippen molar-refractivity contribution in [1.82, 2.24) is 4.98 Å². The number of para-hydroxylation sites is 1. The van der Waals surface area contributed by atoms with Crippen molar-refractivity contribution in [3.63, 3.8) is 0 Å². The van der Waals surface area contributed by atoms with E-state index in [-0.39, 0.29) is 6.04 Å². The third-order valence-corrected chi connectivity index (χ3v) is 6.33. The molecule has 6 rings (SSSR count). The van der Waals surface area contributed by atoms with Gasteiger partial charge in [0.05, 0.1) is 11.6 Å². The summed E-state index contributed by atoms with van der Waals surface area (Å²) >= 11 is 6.10. The van der Waals surface area contributed by atoms with Crippen molar-refractivity contribution in [1.29, 1.82) is 0 Å². The molecule has 0 saturated heterocycles. The Labute approximate surface area is 191 Å². The summed E-state index contributed by atoms with van der Waals surface area (Å²) in [6.45, 7) is 0. The predicted molar refractivity (Wildman–Crippen MR) is 133 cm³/mol. The number of rotatable bonds is 1.